The van der Waals surface area contributed by atoms with E-state index in [1.807, 2.05) is 6.07 Å². The molecule has 0 saturated heterocycles. The Bertz CT molecular complexity index is 942. The van der Waals surface area contributed by atoms with Crippen molar-refractivity contribution in [1.29, 1.82) is 0 Å². The van der Waals surface area contributed by atoms with Crippen LogP contribution in [0.15, 0.2) is 48.5 Å². The van der Waals surface area contributed by atoms with E-state index in [1.165, 1.54) is 11.4 Å². The molecule has 2 rings (SSSR count). The van der Waals surface area contributed by atoms with Gasteiger partial charge in [-0.1, -0.05) is 24.3 Å². The first-order valence-corrected chi connectivity index (χ1v) is 10.6. The zero-order valence-corrected chi connectivity index (χ0v) is 17.0. The summed E-state index contributed by atoms with van der Waals surface area (Å²) in [5.74, 6) is -0.730. The number of carbonyl (C=O) groups is 2. The summed E-state index contributed by atoms with van der Waals surface area (Å²) in [5, 5.41) is 2.77. The second kappa shape index (κ2) is 9.36. The van der Waals surface area contributed by atoms with Crippen LogP contribution in [0.1, 0.15) is 28.8 Å². The minimum absolute atomic E-state index is 0.140. The molecule has 0 bridgehead atoms. The van der Waals surface area contributed by atoms with Crippen LogP contribution < -0.4 is 9.62 Å². The predicted octanol–water partition coefficient (Wildman–Crippen LogP) is 2.97. The largest absolute Gasteiger partial charge is 0.465 e. The Hall–Kier alpha value is -2.87. The Morgan fingerprint density at radius 3 is 2.36 bits per heavy atom. The number of amides is 1. The number of sulfonamides is 1. The second-order valence-electron chi connectivity index (χ2n) is 6.29. The molecule has 0 aliphatic carbocycles. The zero-order chi connectivity index (χ0) is 20.7. The number of benzene rings is 2. The van der Waals surface area contributed by atoms with E-state index in [0.717, 1.165) is 6.26 Å². The van der Waals surface area contributed by atoms with E-state index in [9.17, 15) is 18.0 Å². The maximum absolute atomic E-state index is 12.3. The second-order valence-corrected chi connectivity index (χ2v) is 8.20. The molecule has 7 nitrogen and oxygen atoms in total. The Morgan fingerprint density at radius 1 is 1.07 bits per heavy atom. The number of para-hydroxylation sites is 1. The molecule has 28 heavy (non-hydrogen) atoms. The van der Waals surface area contributed by atoms with E-state index in [4.69, 9.17) is 4.74 Å². The van der Waals surface area contributed by atoms with Gasteiger partial charge in [-0.3, -0.25) is 9.10 Å². The fraction of sp³-hybridized carbons (Fsp3) is 0.300. The predicted molar refractivity (Wildman–Crippen MR) is 109 cm³/mol. The van der Waals surface area contributed by atoms with Gasteiger partial charge >= 0.3 is 5.97 Å². The summed E-state index contributed by atoms with van der Waals surface area (Å²) in [7, 11) is -2.15. The van der Waals surface area contributed by atoms with Crippen molar-refractivity contribution in [2.45, 2.75) is 19.8 Å². The van der Waals surface area contributed by atoms with E-state index in [-0.39, 0.29) is 18.9 Å². The molecular weight excluding hydrogens is 380 g/mol. The van der Waals surface area contributed by atoms with Gasteiger partial charge in [-0.05, 0) is 43.2 Å². The maximum atomic E-state index is 12.3. The van der Waals surface area contributed by atoms with Crippen LogP contribution in [0.4, 0.5) is 11.4 Å². The van der Waals surface area contributed by atoms with Crippen LogP contribution in [0, 0.1) is 6.92 Å². The average Bonchev–Trinajstić information content (AvgIpc) is 2.66. The molecule has 2 aromatic rings. The first-order valence-electron chi connectivity index (χ1n) is 8.74. The fourth-order valence-corrected chi connectivity index (χ4v) is 3.74. The van der Waals surface area contributed by atoms with Gasteiger partial charge in [-0.15, -0.1) is 0 Å². The summed E-state index contributed by atoms with van der Waals surface area (Å²) in [6.07, 6.45) is 1.63. The molecule has 8 heteroatoms. The maximum Gasteiger partial charge on any atom is 0.338 e. The molecule has 0 radical (unpaired) electrons. The average molecular weight is 404 g/mol. The number of ether oxygens (including phenoxy) is 1. The lowest BCUT2D eigenvalue weighted by Crippen LogP contribution is -2.31. The number of anilines is 2. The Balaban J connectivity index is 2.00. The van der Waals surface area contributed by atoms with Crippen LogP contribution in [0.5, 0.6) is 0 Å². The van der Waals surface area contributed by atoms with Crippen LogP contribution in [-0.2, 0) is 19.6 Å². The molecule has 2 aromatic carbocycles. The normalized spacial score (nSPS) is 11.0. The SMILES string of the molecule is COC(=O)c1cccc(NC(=O)CCCN(c2ccccc2)S(C)(=O)=O)c1C. The molecule has 0 aromatic heterocycles. The summed E-state index contributed by atoms with van der Waals surface area (Å²) in [6.45, 7) is 1.92. The van der Waals surface area contributed by atoms with E-state index < -0.39 is 16.0 Å². The van der Waals surface area contributed by atoms with Crippen LogP contribution in [0.2, 0.25) is 0 Å². The van der Waals surface area contributed by atoms with Crippen LogP contribution >= 0.6 is 0 Å². The lowest BCUT2D eigenvalue weighted by Gasteiger charge is -2.22. The number of nitrogens with zero attached hydrogens (tertiary/aromatic N) is 1. The number of methoxy groups -OCH3 is 1. The minimum Gasteiger partial charge on any atom is -0.465 e. The Kier molecular flexibility index (Phi) is 7.17. The Morgan fingerprint density at radius 2 is 1.75 bits per heavy atom. The first kappa shape index (κ1) is 21.4. The molecule has 0 spiro atoms. The van der Waals surface area contributed by atoms with Crippen molar-refractivity contribution in [2.24, 2.45) is 0 Å². The van der Waals surface area contributed by atoms with Crippen molar-refractivity contribution in [1.82, 2.24) is 0 Å². The third-order valence-corrected chi connectivity index (χ3v) is 5.42. The van der Waals surface area contributed by atoms with Crippen molar-refractivity contribution >= 4 is 33.3 Å². The smallest absolute Gasteiger partial charge is 0.338 e. The molecule has 0 aliphatic heterocycles. The summed E-state index contributed by atoms with van der Waals surface area (Å²) in [6, 6.07) is 13.7. The molecule has 150 valence electrons. The number of hydrogen-bond donors (Lipinski definition) is 1. The van der Waals surface area contributed by atoms with Crippen molar-refractivity contribution in [3.63, 3.8) is 0 Å². The van der Waals surface area contributed by atoms with Crippen molar-refractivity contribution in [3.05, 3.63) is 59.7 Å². The molecule has 1 N–H and O–H groups in total. The van der Waals surface area contributed by atoms with Gasteiger partial charge in [0.1, 0.15) is 0 Å². The van der Waals surface area contributed by atoms with Crippen molar-refractivity contribution < 1.29 is 22.7 Å². The van der Waals surface area contributed by atoms with Gasteiger partial charge in [0, 0.05) is 18.7 Å². The minimum atomic E-state index is -3.45. The van der Waals surface area contributed by atoms with E-state index in [0.29, 0.717) is 28.9 Å². The highest BCUT2D eigenvalue weighted by molar-refractivity contribution is 7.92. The molecule has 0 aliphatic rings. The van der Waals surface area contributed by atoms with E-state index >= 15 is 0 Å². The van der Waals surface area contributed by atoms with Gasteiger partial charge in [0.2, 0.25) is 15.9 Å². The highest BCUT2D eigenvalue weighted by Crippen LogP contribution is 2.21. The molecular formula is C20H24N2O5S. The van der Waals surface area contributed by atoms with Gasteiger partial charge in [-0.2, -0.15) is 0 Å². The van der Waals surface area contributed by atoms with Gasteiger partial charge < -0.3 is 10.1 Å². The van der Waals surface area contributed by atoms with E-state index in [1.54, 1.807) is 49.4 Å². The summed E-state index contributed by atoms with van der Waals surface area (Å²) < 4.78 is 30.1. The quantitative estimate of drug-likeness (QED) is 0.683. The third kappa shape index (κ3) is 5.56. The van der Waals surface area contributed by atoms with Crippen LogP contribution in [-0.4, -0.2) is 40.2 Å². The fourth-order valence-electron chi connectivity index (χ4n) is 2.78. The summed E-state index contributed by atoms with van der Waals surface area (Å²) in [5.41, 5.74) is 2.08. The molecule has 0 heterocycles. The summed E-state index contributed by atoms with van der Waals surface area (Å²) in [4.78, 5) is 24.0. The van der Waals surface area contributed by atoms with Crippen LogP contribution in [0.3, 0.4) is 0 Å². The number of hydrogen-bond acceptors (Lipinski definition) is 5. The highest BCUT2D eigenvalue weighted by Gasteiger charge is 2.18. The van der Waals surface area contributed by atoms with Gasteiger partial charge in [-0.25, -0.2) is 13.2 Å². The molecule has 0 fully saturated rings. The molecule has 0 saturated carbocycles. The highest BCUT2D eigenvalue weighted by atomic mass is 32.2. The van der Waals surface area contributed by atoms with Crippen LogP contribution in [0.25, 0.3) is 0 Å². The summed E-state index contributed by atoms with van der Waals surface area (Å²) >= 11 is 0. The zero-order valence-electron chi connectivity index (χ0n) is 16.1. The van der Waals surface area contributed by atoms with Crippen molar-refractivity contribution in [2.75, 3.05) is 29.5 Å². The van der Waals surface area contributed by atoms with Gasteiger partial charge in [0.25, 0.3) is 0 Å². The van der Waals surface area contributed by atoms with Crippen molar-refractivity contribution in [3.8, 4) is 0 Å². The lowest BCUT2D eigenvalue weighted by molar-refractivity contribution is -0.116. The lowest BCUT2D eigenvalue weighted by atomic mass is 10.1. The number of nitrogens with one attached hydrogen (secondary N) is 1. The number of esters is 1. The van der Waals surface area contributed by atoms with E-state index in [2.05, 4.69) is 5.32 Å². The van der Waals surface area contributed by atoms with Gasteiger partial charge in [0.15, 0.2) is 0 Å². The standard InChI is InChI=1S/C20H24N2O5S/c1-15-17(20(24)27-2)11-7-12-18(15)21-19(23)13-8-14-22(28(3,25)26)16-9-5-4-6-10-16/h4-7,9-12H,8,13-14H2,1-3H3,(H,21,23). The first-order chi connectivity index (χ1) is 13.2. The monoisotopic (exact) mass is 404 g/mol. The third-order valence-electron chi connectivity index (χ3n) is 4.22. The molecule has 0 atom stereocenters. The Labute approximate surface area is 165 Å². The number of rotatable bonds is 8. The molecule has 1 amide bonds. The topological polar surface area (TPSA) is 92.8 Å². The number of carbonyl (C=O) groups excluding carboxylic acids is 2. The van der Waals surface area contributed by atoms with Gasteiger partial charge in [0.05, 0.1) is 24.6 Å². The molecule has 0 unspecified atom stereocenters.